The van der Waals surface area contributed by atoms with Gasteiger partial charge >= 0.3 is 6.09 Å². The van der Waals surface area contributed by atoms with Crippen LogP contribution in [0.2, 0.25) is 10.0 Å². The minimum atomic E-state index is -0.964. The van der Waals surface area contributed by atoms with Crippen LogP contribution in [0.5, 0.6) is 0 Å². The Balaban J connectivity index is 3.07. The molecule has 0 bridgehead atoms. The van der Waals surface area contributed by atoms with Crippen molar-refractivity contribution in [2.75, 3.05) is 0 Å². The van der Waals surface area contributed by atoms with E-state index < -0.39 is 18.3 Å². The first kappa shape index (κ1) is 14.1. The Morgan fingerprint density at radius 3 is 2.65 bits per heavy atom. The quantitative estimate of drug-likeness (QED) is 0.889. The van der Waals surface area contributed by atoms with Crippen LogP contribution in [0.4, 0.5) is 4.79 Å². The van der Waals surface area contributed by atoms with Crippen LogP contribution in [-0.4, -0.2) is 17.3 Å². The summed E-state index contributed by atoms with van der Waals surface area (Å²) >= 11 is 11.7. The van der Waals surface area contributed by atoms with Crippen molar-refractivity contribution in [3.8, 4) is 0 Å². The number of carbonyl (C=O) groups is 1. The van der Waals surface area contributed by atoms with E-state index in [2.05, 4.69) is 0 Å². The molecule has 0 spiro atoms. The molecule has 94 valence electrons. The molecule has 1 aromatic carbocycles. The maximum atomic E-state index is 10.8. The van der Waals surface area contributed by atoms with Crippen LogP contribution < -0.4 is 5.73 Å². The molecule has 0 heterocycles. The molecule has 0 saturated carbocycles. The minimum Gasteiger partial charge on any atom is -0.439 e. The normalized spacial score (nSPS) is 14.1. The summed E-state index contributed by atoms with van der Waals surface area (Å²) in [5.74, 6) is 0. The molecule has 4 nitrogen and oxygen atoms in total. The zero-order valence-electron chi connectivity index (χ0n) is 9.19. The van der Waals surface area contributed by atoms with Gasteiger partial charge in [0, 0.05) is 15.6 Å². The third-order valence-corrected chi connectivity index (χ3v) is 2.84. The number of benzene rings is 1. The minimum absolute atomic E-state index is 0.316. The third-order valence-electron chi connectivity index (χ3n) is 2.28. The van der Waals surface area contributed by atoms with Gasteiger partial charge in [-0.25, -0.2) is 4.79 Å². The average molecular weight is 278 g/mol. The van der Waals surface area contributed by atoms with E-state index >= 15 is 0 Å². The third kappa shape index (κ3) is 3.77. The van der Waals surface area contributed by atoms with Gasteiger partial charge in [0.05, 0.1) is 6.10 Å². The summed E-state index contributed by atoms with van der Waals surface area (Å²) in [5.41, 5.74) is 5.44. The van der Waals surface area contributed by atoms with Gasteiger partial charge in [-0.05, 0) is 18.6 Å². The zero-order valence-corrected chi connectivity index (χ0v) is 10.7. The highest BCUT2D eigenvalue weighted by atomic mass is 35.5. The Morgan fingerprint density at radius 2 is 2.18 bits per heavy atom. The van der Waals surface area contributed by atoms with Gasteiger partial charge in [-0.1, -0.05) is 36.2 Å². The first-order valence-electron chi connectivity index (χ1n) is 5.04. The monoisotopic (exact) mass is 277 g/mol. The van der Waals surface area contributed by atoms with Crippen molar-refractivity contribution in [1.29, 1.82) is 0 Å². The summed E-state index contributed by atoms with van der Waals surface area (Å²) in [5, 5.41) is 10.6. The molecule has 2 unspecified atom stereocenters. The first-order valence-corrected chi connectivity index (χ1v) is 5.80. The number of primary amides is 1. The Kier molecular flexibility index (Phi) is 5.05. The van der Waals surface area contributed by atoms with Crippen molar-refractivity contribution in [2.45, 2.75) is 25.6 Å². The Hall–Kier alpha value is -0.970. The standard InChI is InChI=1S/C11H13Cl2NO3/c1-2-9(15)10(17-11(14)16)7-4-3-6(12)5-8(7)13/h3-5,9-10,15H,2H2,1H3,(H2,14,16). The number of aliphatic hydroxyl groups excluding tert-OH is 1. The predicted molar refractivity (Wildman–Crippen MR) is 66.2 cm³/mol. The van der Waals surface area contributed by atoms with E-state index in [4.69, 9.17) is 33.7 Å². The number of hydrogen-bond donors (Lipinski definition) is 2. The molecule has 6 heteroatoms. The number of hydrogen-bond acceptors (Lipinski definition) is 3. The van der Waals surface area contributed by atoms with Crippen molar-refractivity contribution in [1.82, 2.24) is 0 Å². The molecule has 17 heavy (non-hydrogen) atoms. The fourth-order valence-electron chi connectivity index (χ4n) is 1.42. The van der Waals surface area contributed by atoms with Crippen molar-refractivity contribution >= 4 is 29.3 Å². The fraction of sp³-hybridized carbons (Fsp3) is 0.364. The van der Waals surface area contributed by atoms with Crippen molar-refractivity contribution in [3.63, 3.8) is 0 Å². The SMILES string of the molecule is CCC(O)C(OC(N)=O)c1ccc(Cl)cc1Cl. The highest BCUT2D eigenvalue weighted by molar-refractivity contribution is 6.35. The maximum absolute atomic E-state index is 10.8. The van der Waals surface area contributed by atoms with Gasteiger partial charge < -0.3 is 15.6 Å². The second-order valence-corrected chi connectivity index (χ2v) is 4.34. The largest absolute Gasteiger partial charge is 0.439 e. The summed E-state index contributed by atoms with van der Waals surface area (Å²) in [7, 11) is 0. The number of ether oxygens (including phenoxy) is 1. The molecule has 1 amide bonds. The lowest BCUT2D eigenvalue weighted by Gasteiger charge is -2.22. The molecular formula is C11H13Cl2NO3. The molecule has 3 N–H and O–H groups in total. The van der Waals surface area contributed by atoms with Gasteiger partial charge in [0.1, 0.15) is 0 Å². The summed E-state index contributed by atoms with van der Waals surface area (Å²) in [6, 6.07) is 4.71. The molecule has 2 atom stereocenters. The van der Waals surface area contributed by atoms with Crippen LogP contribution in [-0.2, 0) is 4.74 Å². The summed E-state index contributed by atoms with van der Waals surface area (Å²) < 4.78 is 4.87. The molecule has 0 radical (unpaired) electrons. The molecular weight excluding hydrogens is 265 g/mol. The molecule has 0 aliphatic rings. The van der Waals surface area contributed by atoms with E-state index in [0.717, 1.165) is 0 Å². The van der Waals surface area contributed by atoms with E-state index in [0.29, 0.717) is 22.0 Å². The molecule has 0 aliphatic carbocycles. The maximum Gasteiger partial charge on any atom is 0.405 e. The number of nitrogens with two attached hydrogens (primary N) is 1. The summed E-state index contributed by atoms with van der Waals surface area (Å²) in [6.07, 6.45) is -2.33. The number of amides is 1. The Morgan fingerprint density at radius 1 is 1.53 bits per heavy atom. The van der Waals surface area contributed by atoms with Gasteiger partial charge in [-0.2, -0.15) is 0 Å². The van der Waals surface area contributed by atoms with E-state index in [9.17, 15) is 9.90 Å². The van der Waals surface area contributed by atoms with E-state index in [-0.39, 0.29) is 0 Å². The lowest BCUT2D eigenvalue weighted by atomic mass is 10.0. The highest BCUT2D eigenvalue weighted by Crippen LogP contribution is 2.31. The van der Waals surface area contributed by atoms with Gasteiger partial charge in [0.2, 0.25) is 0 Å². The smallest absolute Gasteiger partial charge is 0.405 e. The number of aliphatic hydroxyl groups is 1. The van der Waals surface area contributed by atoms with E-state index in [1.54, 1.807) is 19.1 Å². The molecule has 0 saturated heterocycles. The van der Waals surface area contributed by atoms with Crippen LogP contribution in [0.1, 0.15) is 25.0 Å². The van der Waals surface area contributed by atoms with Gasteiger partial charge in [0.15, 0.2) is 6.10 Å². The van der Waals surface area contributed by atoms with Crippen LogP contribution in [0, 0.1) is 0 Å². The van der Waals surface area contributed by atoms with Crippen LogP contribution >= 0.6 is 23.2 Å². The van der Waals surface area contributed by atoms with Crippen LogP contribution in [0.15, 0.2) is 18.2 Å². The second-order valence-electron chi connectivity index (χ2n) is 3.50. The van der Waals surface area contributed by atoms with Crippen molar-refractivity contribution in [2.24, 2.45) is 5.73 Å². The Labute approximate surface area is 109 Å². The Bertz CT molecular complexity index is 412. The van der Waals surface area contributed by atoms with E-state index in [1.807, 2.05) is 0 Å². The zero-order chi connectivity index (χ0) is 13.0. The van der Waals surface area contributed by atoms with E-state index in [1.165, 1.54) is 6.07 Å². The first-order chi connectivity index (χ1) is 7.95. The van der Waals surface area contributed by atoms with Crippen LogP contribution in [0.25, 0.3) is 0 Å². The van der Waals surface area contributed by atoms with Crippen molar-refractivity contribution < 1.29 is 14.6 Å². The number of halogens is 2. The van der Waals surface area contributed by atoms with Crippen LogP contribution in [0.3, 0.4) is 0 Å². The second kappa shape index (κ2) is 6.10. The van der Waals surface area contributed by atoms with Gasteiger partial charge in [0.25, 0.3) is 0 Å². The van der Waals surface area contributed by atoms with Crippen molar-refractivity contribution in [3.05, 3.63) is 33.8 Å². The average Bonchev–Trinajstić information content (AvgIpc) is 2.25. The predicted octanol–water partition coefficient (Wildman–Crippen LogP) is 2.90. The molecule has 0 aromatic heterocycles. The lowest BCUT2D eigenvalue weighted by molar-refractivity contribution is 0.00341. The summed E-state index contributed by atoms with van der Waals surface area (Å²) in [4.78, 5) is 10.8. The number of rotatable bonds is 4. The molecule has 0 fully saturated rings. The molecule has 1 rings (SSSR count). The number of carbonyl (C=O) groups excluding carboxylic acids is 1. The molecule has 0 aliphatic heterocycles. The topological polar surface area (TPSA) is 72.6 Å². The highest BCUT2D eigenvalue weighted by Gasteiger charge is 2.25. The molecule has 1 aromatic rings. The fourth-order valence-corrected chi connectivity index (χ4v) is 1.94. The van der Waals surface area contributed by atoms with Gasteiger partial charge in [-0.3, -0.25) is 0 Å². The van der Waals surface area contributed by atoms with Gasteiger partial charge in [-0.15, -0.1) is 0 Å². The summed E-state index contributed by atoms with van der Waals surface area (Å²) in [6.45, 7) is 1.76. The lowest BCUT2D eigenvalue weighted by Crippen LogP contribution is -2.26.